The fourth-order valence-electron chi connectivity index (χ4n) is 10.9. The number of benzene rings is 1. The summed E-state index contributed by atoms with van der Waals surface area (Å²) in [5.41, 5.74) is 4.16. The van der Waals surface area contributed by atoms with Gasteiger partial charge in [-0.25, -0.2) is 0 Å². The molecule has 4 bridgehead atoms. The highest BCUT2D eigenvalue weighted by atomic mass is 16.5. The molecule has 38 heavy (non-hydrogen) atoms. The molecule has 8 rings (SSSR count). The van der Waals surface area contributed by atoms with Gasteiger partial charge in [0.05, 0.1) is 18.6 Å². The fraction of sp³-hybridized carbons (Fsp3) is 0.758. The van der Waals surface area contributed by atoms with E-state index in [0.29, 0.717) is 22.8 Å². The normalized spacial score (nSPS) is 42.6. The van der Waals surface area contributed by atoms with E-state index in [-0.39, 0.29) is 11.5 Å². The van der Waals surface area contributed by atoms with E-state index in [4.69, 9.17) is 9.47 Å². The molecule has 5 aliphatic carbocycles. The van der Waals surface area contributed by atoms with Crippen molar-refractivity contribution in [2.45, 2.75) is 108 Å². The third-order valence-electron chi connectivity index (χ3n) is 11.7. The van der Waals surface area contributed by atoms with Crippen LogP contribution in [0.3, 0.4) is 0 Å². The van der Waals surface area contributed by atoms with E-state index >= 15 is 0 Å². The smallest absolute Gasteiger partial charge is 0.166 e. The summed E-state index contributed by atoms with van der Waals surface area (Å²) in [6.07, 6.45) is 16.7. The van der Waals surface area contributed by atoms with Crippen LogP contribution in [-0.4, -0.2) is 66.4 Å². The van der Waals surface area contributed by atoms with Gasteiger partial charge in [-0.3, -0.25) is 4.90 Å². The van der Waals surface area contributed by atoms with Crippen LogP contribution in [0.15, 0.2) is 24.3 Å². The van der Waals surface area contributed by atoms with Gasteiger partial charge in [0.15, 0.2) is 11.5 Å². The van der Waals surface area contributed by atoms with Gasteiger partial charge in [-0.15, -0.1) is 0 Å². The lowest BCUT2D eigenvalue weighted by Gasteiger charge is -2.67. The van der Waals surface area contributed by atoms with E-state index < -0.39 is 6.10 Å². The Hall–Kier alpha value is -1.56. The number of rotatable bonds is 7. The number of hydrogen-bond donors (Lipinski definition) is 1. The summed E-state index contributed by atoms with van der Waals surface area (Å²) in [6, 6.07) is 4.33. The van der Waals surface area contributed by atoms with Crippen LogP contribution in [0.4, 0.5) is 0 Å². The summed E-state index contributed by atoms with van der Waals surface area (Å²) in [6.45, 7) is 9.60. The molecule has 208 valence electrons. The number of aliphatic hydroxyl groups is 1. The fourth-order valence-corrected chi connectivity index (χ4v) is 10.9. The molecule has 1 spiro atoms. The minimum absolute atomic E-state index is 0.00912. The van der Waals surface area contributed by atoms with Crippen LogP contribution < -0.4 is 9.47 Å². The van der Waals surface area contributed by atoms with Crippen molar-refractivity contribution < 1.29 is 14.6 Å². The van der Waals surface area contributed by atoms with Gasteiger partial charge in [0.2, 0.25) is 0 Å². The number of nitrogens with zero attached hydrogens (tertiary/aromatic N) is 2. The average molecular weight is 521 g/mol. The maximum Gasteiger partial charge on any atom is 0.166 e. The van der Waals surface area contributed by atoms with E-state index in [1.807, 2.05) is 6.08 Å². The summed E-state index contributed by atoms with van der Waals surface area (Å²) in [7, 11) is 4.17. The minimum atomic E-state index is -0.426. The van der Waals surface area contributed by atoms with Crippen molar-refractivity contribution in [3.8, 4) is 11.5 Å². The predicted molar refractivity (Wildman–Crippen MR) is 151 cm³/mol. The van der Waals surface area contributed by atoms with Crippen LogP contribution in [0.25, 0.3) is 0 Å². The molecule has 1 aromatic carbocycles. The Balaban J connectivity index is 1.02. The molecule has 1 N–H and O–H groups in total. The van der Waals surface area contributed by atoms with Crippen molar-refractivity contribution in [2.75, 3.05) is 33.8 Å². The standard InChI is InChI=1S/C33H48N2O3/c1-30-16-23-17-31(2,20-30)22-32(18-23,21-30)34(3)12-5-6-13-35-14-11-33-10-9-25(36)15-27(33)38-29-26(37-4)8-7-24(19-35)28(29)33/h7-10,23,25,27,36H,5-6,11-22H2,1-4H3/t23?,25-,27-,30?,31?,32?,33-/m0/s1. The molecule has 5 nitrogen and oxygen atoms in total. The molecule has 4 fully saturated rings. The van der Waals surface area contributed by atoms with Crippen LogP contribution in [0, 0.1) is 16.7 Å². The highest BCUT2D eigenvalue weighted by molar-refractivity contribution is 5.61. The third-order valence-corrected chi connectivity index (χ3v) is 11.7. The molecule has 0 aromatic heterocycles. The van der Waals surface area contributed by atoms with Crippen LogP contribution >= 0.6 is 0 Å². The molecule has 2 aliphatic heterocycles. The second-order valence-corrected chi connectivity index (χ2v) is 14.9. The van der Waals surface area contributed by atoms with Crippen LogP contribution in [0.1, 0.15) is 89.2 Å². The summed E-state index contributed by atoms with van der Waals surface area (Å²) in [5, 5.41) is 10.4. The lowest BCUT2D eigenvalue weighted by atomic mass is 9.42. The molecule has 5 atom stereocenters. The predicted octanol–water partition coefficient (Wildman–Crippen LogP) is 5.68. The SMILES string of the molecule is COc1ccc2c3c1O[C@H]1C[C@@H](O)C=C[C@@]31CCN(CCCCN(C)C13CC4CC(C)(CC(C)(C4)C1)C3)C2. The van der Waals surface area contributed by atoms with Gasteiger partial charge in [-0.2, -0.15) is 0 Å². The highest BCUT2D eigenvalue weighted by Gasteiger charge is 2.61. The molecule has 5 heteroatoms. The first-order valence-electron chi connectivity index (χ1n) is 15.3. The molecule has 0 radical (unpaired) electrons. The molecule has 4 saturated carbocycles. The minimum Gasteiger partial charge on any atom is -0.493 e. The monoisotopic (exact) mass is 520 g/mol. The molecule has 2 heterocycles. The van der Waals surface area contributed by atoms with Gasteiger partial charge < -0.3 is 19.5 Å². The van der Waals surface area contributed by atoms with Crippen molar-refractivity contribution in [3.05, 3.63) is 35.4 Å². The Kier molecular flexibility index (Phi) is 5.83. The Morgan fingerprint density at radius 3 is 2.63 bits per heavy atom. The van der Waals surface area contributed by atoms with E-state index in [0.717, 1.165) is 43.5 Å². The highest BCUT2D eigenvalue weighted by Crippen LogP contribution is 2.67. The molecule has 0 amide bonds. The quantitative estimate of drug-likeness (QED) is 0.370. The van der Waals surface area contributed by atoms with Gasteiger partial charge in [0, 0.05) is 24.1 Å². The molecule has 7 aliphatic rings. The first-order valence-corrected chi connectivity index (χ1v) is 15.3. The van der Waals surface area contributed by atoms with E-state index in [1.165, 1.54) is 69.0 Å². The first kappa shape index (κ1) is 25.4. The van der Waals surface area contributed by atoms with Gasteiger partial charge in [0.1, 0.15) is 6.10 Å². The Labute approximate surface area is 229 Å². The van der Waals surface area contributed by atoms with Crippen LogP contribution in [-0.2, 0) is 12.0 Å². The lowest BCUT2D eigenvalue weighted by molar-refractivity contribution is -0.156. The Bertz CT molecular complexity index is 1110. The maximum absolute atomic E-state index is 10.4. The number of unbranched alkanes of at least 4 members (excludes halogenated alkanes) is 1. The van der Waals surface area contributed by atoms with Gasteiger partial charge in [-0.05, 0) is 113 Å². The molecule has 0 saturated heterocycles. The summed E-state index contributed by atoms with van der Waals surface area (Å²) < 4.78 is 12.2. The molecular weight excluding hydrogens is 472 g/mol. The van der Waals surface area contributed by atoms with Crippen molar-refractivity contribution in [3.63, 3.8) is 0 Å². The van der Waals surface area contributed by atoms with E-state index in [9.17, 15) is 5.11 Å². The van der Waals surface area contributed by atoms with Crippen molar-refractivity contribution in [2.24, 2.45) is 16.7 Å². The third kappa shape index (κ3) is 3.89. The second kappa shape index (κ2) is 8.72. The largest absolute Gasteiger partial charge is 0.493 e. The number of methoxy groups -OCH3 is 1. The zero-order valence-corrected chi connectivity index (χ0v) is 24.1. The average Bonchev–Trinajstić information content (AvgIpc) is 3.08. The topological polar surface area (TPSA) is 45.2 Å². The number of hydrogen-bond acceptors (Lipinski definition) is 5. The van der Waals surface area contributed by atoms with Gasteiger partial charge >= 0.3 is 0 Å². The van der Waals surface area contributed by atoms with Gasteiger partial charge in [-0.1, -0.05) is 32.1 Å². The van der Waals surface area contributed by atoms with Crippen molar-refractivity contribution in [1.29, 1.82) is 0 Å². The maximum atomic E-state index is 10.4. The van der Waals surface area contributed by atoms with Crippen molar-refractivity contribution >= 4 is 0 Å². The zero-order chi connectivity index (χ0) is 26.3. The van der Waals surface area contributed by atoms with Gasteiger partial charge in [0.25, 0.3) is 0 Å². The van der Waals surface area contributed by atoms with Crippen molar-refractivity contribution in [1.82, 2.24) is 9.80 Å². The molecular formula is C33H48N2O3. The number of ether oxygens (including phenoxy) is 2. The van der Waals surface area contributed by atoms with E-state index in [1.54, 1.807) is 7.11 Å². The van der Waals surface area contributed by atoms with E-state index in [2.05, 4.69) is 48.9 Å². The number of aliphatic hydroxyl groups excluding tert-OH is 1. The van der Waals surface area contributed by atoms with Crippen LogP contribution in [0.2, 0.25) is 0 Å². The first-order chi connectivity index (χ1) is 18.1. The second-order valence-electron chi connectivity index (χ2n) is 14.9. The summed E-state index contributed by atoms with van der Waals surface area (Å²) in [5.74, 6) is 2.69. The Morgan fingerprint density at radius 1 is 1.11 bits per heavy atom. The molecule has 1 aromatic rings. The summed E-state index contributed by atoms with van der Waals surface area (Å²) in [4.78, 5) is 5.47. The Morgan fingerprint density at radius 2 is 1.89 bits per heavy atom. The molecule has 2 unspecified atom stereocenters. The zero-order valence-electron chi connectivity index (χ0n) is 24.1. The summed E-state index contributed by atoms with van der Waals surface area (Å²) >= 11 is 0. The lowest BCUT2D eigenvalue weighted by Crippen LogP contribution is -2.64. The van der Waals surface area contributed by atoms with Crippen LogP contribution in [0.5, 0.6) is 11.5 Å².